The van der Waals surface area contributed by atoms with Gasteiger partial charge in [-0.2, -0.15) is 5.26 Å². The smallest absolute Gasteiger partial charge is 0.229 e. The Balaban J connectivity index is 2.43. The van der Waals surface area contributed by atoms with Crippen LogP contribution in [0.1, 0.15) is 17.9 Å². The summed E-state index contributed by atoms with van der Waals surface area (Å²) in [4.78, 5) is 22.1. The van der Waals surface area contributed by atoms with E-state index in [1.807, 2.05) is 6.07 Å². The van der Waals surface area contributed by atoms with E-state index in [4.69, 9.17) is 5.26 Å². The van der Waals surface area contributed by atoms with E-state index in [1.54, 1.807) is 24.3 Å². The number of nitriles is 1. The molecule has 1 aromatic carbocycles. The summed E-state index contributed by atoms with van der Waals surface area (Å²) in [6.07, 6.45) is -0.0152. The van der Waals surface area contributed by atoms with Crippen molar-refractivity contribution in [1.29, 1.82) is 5.26 Å². The number of carbonyl (C=O) groups excluding carboxylic acids is 1. The van der Waals surface area contributed by atoms with Gasteiger partial charge in [-0.25, -0.2) is 0 Å². The molecule has 0 saturated carbocycles. The number of nitrogens with one attached hydrogen (secondary N) is 1. The fraction of sp³-hybridized carbons (Fsp3) is 0.333. The topological polar surface area (TPSA) is 96.0 Å². The average Bonchev–Trinajstić information content (AvgIpc) is 2.33. The standard InChI is InChI=1S/C12H11N3O3/c13-6-5-9-10(7-15(17)18)8-3-1-2-4-11(8)14-12(9)16/h1-4,9-10H,5,7H2,(H,14,16)/t9-,10-/m0/s1. The summed E-state index contributed by atoms with van der Waals surface area (Å²) in [5.41, 5.74) is 1.33. The average molecular weight is 245 g/mol. The summed E-state index contributed by atoms with van der Waals surface area (Å²) < 4.78 is 0. The predicted molar refractivity (Wildman–Crippen MR) is 63.4 cm³/mol. The molecule has 0 bridgehead atoms. The van der Waals surface area contributed by atoms with Crippen LogP contribution in [0, 0.1) is 27.4 Å². The minimum absolute atomic E-state index is 0.0152. The molecule has 1 amide bonds. The molecule has 1 aliphatic heterocycles. The lowest BCUT2D eigenvalue weighted by atomic mass is 9.80. The Morgan fingerprint density at radius 3 is 2.78 bits per heavy atom. The lowest BCUT2D eigenvalue weighted by Crippen LogP contribution is -2.36. The second-order valence-corrected chi connectivity index (χ2v) is 4.17. The Kier molecular flexibility index (Phi) is 3.24. The number of para-hydroxylation sites is 1. The van der Waals surface area contributed by atoms with Crippen molar-refractivity contribution in [3.8, 4) is 6.07 Å². The molecule has 0 saturated heterocycles. The zero-order valence-electron chi connectivity index (χ0n) is 9.50. The van der Waals surface area contributed by atoms with Gasteiger partial charge in [0.05, 0.1) is 17.9 Å². The predicted octanol–water partition coefficient (Wildman–Crippen LogP) is 1.53. The normalized spacial score (nSPS) is 21.6. The van der Waals surface area contributed by atoms with Gasteiger partial charge < -0.3 is 5.32 Å². The molecule has 0 unspecified atom stereocenters. The van der Waals surface area contributed by atoms with Crippen molar-refractivity contribution in [2.24, 2.45) is 5.92 Å². The molecule has 2 atom stereocenters. The first kappa shape index (κ1) is 12.0. The summed E-state index contributed by atoms with van der Waals surface area (Å²) in [7, 11) is 0. The van der Waals surface area contributed by atoms with Crippen LogP contribution in [0.5, 0.6) is 0 Å². The summed E-state index contributed by atoms with van der Waals surface area (Å²) in [5.74, 6) is -1.51. The molecule has 0 aromatic heterocycles. The Morgan fingerprint density at radius 1 is 1.39 bits per heavy atom. The van der Waals surface area contributed by atoms with Crippen molar-refractivity contribution in [2.45, 2.75) is 12.3 Å². The molecular weight excluding hydrogens is 234 g/mol. The molecule has 6 heteroatoms. The molecule has 2 rings (SSSR count). The molecule has 0 spiro atoms. The van der Waals surface area contributed by atoms with E-state index in [0.29, 0.717) is 5.69 Å². The highest BCUT2D eigenvalue weighted by molar-refractivity contribution is 5.96. The van der Waals surface area contributed by atoms with Gasteiger partial charge in [0.1, 0.15) is 0 Å². The van der Waals surface area contributed by atoms with Crippen molar-refractivity contribution >= 4 is 11.6 Å². The molecule has 1 aromatic rings. The zero-order valence-corrected chi connectivity index (χ0v) is 9.50. The highest BCUT2D eigenvalue weighted by atomic mass is 16.6. The first-order valence-corrected chi connectivity index (χ1v) is 5.52. The largest absolute Gasteiger partial charge is 0.326 e. The SMILES string of the molecule is N#CC[C@@H]1C(=O)Nc2ccccc2[C@@H]1C[N+](=O)[O-]. The molecule has 0 aliphatic carbocycles. The fourth-order valence-electron chi connectivity index (χ4n) is 2.28. The van der Waals surface area contributed by atoms with E-state index < -0.39 is 16.8 Å². The molecule has 1 aliphatic rings. The number of carbonyl (C=O) groups is 1. The Hall–Kier alpha value is -2.42. The van der Waals surface area contributed by atoms with Gasteiger partial charge in [-0.05, 0) is 11.6 Å². The Morgan fingerprint density at radius 2 is 2.11 bits per heavy atom. The third-order valence-corrected chi connectivity index (χ3v) is 3.10. The van der Waals surface area contributed by atoms with E-state index >= 15 is 0 Å². The first-order chi connectivity index (χ1) is 8.63. The number of nitrogens with zero attached hydrogens (tertiary/aromatic N) is 2. The van der Waals surface area contributed by atoms with E-state index in [2.05, 4.69) is 5.32 Å². The third kappa shape index (κ3) is 2.15. The van der Waals surface area contributed by atoms with Crippen LogP contribution in [0.15, 0.2) is 24.3 Å². The monoisotopic (exact) mass is 245 g/mol. The fourth-order valence-corrected chi connectivity index (χ4v) is 2.28. The van der Waals surface area contributed by atoms with Gasteiger partial charge in [0.25, 0.3) is 0 Å². The van der Waals surface area contributed by atoms with E-state index in [0.717, 1.165) is 5.56 Å². The lowest BCUT2D eigenvalue weighted by molar-refractivity contribution is -0.484. The van der Waals surface area contributed by atoms with Gasteiger partial charge in [0.2, 0.25) is 12.5 Å². The zero-order chi connectivity index (χ0) is 13.1. The number of benzene rings is 1. The van der Waals surface area contributed by atoms with Crippen molar-refractivity contribution in [1.82, 2.24) is 0 Å². The van der Waals surface area contributed by atoms with Crippen LogP contribution in [0.25, 0.3) is 0 Å². The minimum Gasteiger partial charge on any atom is -0.326 e. The molecule has 1 N–H and O–H groups in total. The molecule has 0 fully saturated rings. The van der Waals surface area contributed by atoms with Crippen LogP contribution < -0.4 is 5.32 Å². The van der Waals surface area contributed by atoms with Crippen molar-refractivity contribution < 1.29 is 9.72 Å². The highest BCUT2D eigenvalue weighted by Gasteiger charge is 2.38. The van der Waals surface area contributed by atoms with Crippen LogP contribution in [0.2, 0.25) is 0 Å². The number of anilines is 1. The van der Waals surface area contributed by atoms with Crippen molar-refractivity contribution in [2.75, 3.05) is 11.9 Å². The van der Waals surface area contributed by atoms with E-state index in [1.165, 1.54) is 0 Å². The Bertz CT molecular complexity index is 536. The number of nitro groups is 1. The Labute approximate surface area is 103 Å². The van der Waals surface area contributed by atoms with Crippen molar-refractivity contribution in [3.63, 3.8) is 0 Å². The molecule has 1 heterocycles. The maximum absolute atomic E-state index is 11.9. The molecule has 92 valence electrons. The van der Waals surface area contributed by atoms with E-state index in [-0.39, 0.29) is 18.9 Å². The summed E-state index contributed by atoms with van der Waals surface area (Å²) >= 11 is 0. The minimum atomic E-state index is -0.657. The van der Waals surface area contributed by atoms with Gasteiger partial charge in [0.15, 0.2) is 0 Å². The number of rotatable bonds is 3. The highest BCUT2D eigenvalue weighted by Crippen LogP contribution is 2.37. The third-order valence-electron chi connectivity index (χ3n) is 3.10. The van der Waals surface area contributed by atoms with E-state index in [9.17, 15) is 14.9 Å². The van der Waals surface area contributed by atoms with Crippen LogP contribution >= 0.6 is 0 Å². The van der Waals surface area contributed by atoms with Crippen LogP contribution in [-0.4, -0.2) is 17.4 Å². The maximum atomic E-state index is 11.9. The van der Waals surface area contributed by atoms with Gasteiger partial charge in [-0.15, -0.1) is 0 Å². The van der Waals surface area contributed by atoms with Gasteiger partial charge in [-0.1, -0.05) is 18.2 Å². The number of fused-ring (bicyclic) bond motifs is 1. The second kappa shape index (κ2) is 4.84. The molecule has 6 nitrogen and oxygen atoms in total. The number of amides is 1. The van der Waals surface area contributed by atoms with Crippen molar-refractivity contribution in [3.05, 3.63) is 39.9 Å². The number of hydrogen-bond acceptors (Lipinski definition) is 4. The molecule has 0 radical (unpaired) electrons. The van der Waals surface area contributed by atoms with Crippen LogP contribution in [0.4, 0.5) is 5.69 Å². The van der Waals surface area contributed by atoms with Crippen LogP contribution in [-0.2, 0) is 4.79 Å². The summed E-state index contributed by atoms with van der Waals surface area (Å²) in [6, 6.07) is 8.91. The quantitative estimate of drug-likeness (QED) is 0.645. The van der Waals surface area contributed by atoms with Crippen LogP contribution in [0.3, 0.4) is 0 Å². The second-order valence-electron chi connectivity index (χ2n) is 4.17. The first-order valence-electron chi connectivity index (χ1n) is 5.52. The molecular formula is C12H11N3O3. The lowest BCUT2D eigenvalue weighted by Gasteiger charge is -2.29. The summed E-state index contributed by atoms with van der Waals surface area (Å²) in [6.45, 7) is -0.337. The van der Waals surface area contributed by atoms with Gasteiger partial charge in [0, 0.05) is 17.0 Å². The number of hydrogen-bond donors (Lipinski definition) is 1. The van der Waals surface area contributed by atoms with Gasteiger partial charge in [-0.3, -0.25) is 14.9 Å². The maximum Gasteiger partial charge on any atom is 0.229 e. The summed E-state index contributed by atoms with van der Waals surface area (Å²) in [5, 5.41) is 22.1. The van der Waals surface area contributed by atoms with Gasteiger partial charge >= 0.3 is 0 Å². The molecule has 18 heavy (non-hydrogen) atoms.